The first kappa shape index (κ1) is 18.4. The minimum atomic E-state index is -0.244. The maximum absolute atomic E-state index is 12.8. The lowest BCUT2D eigenvalue weighted by Crippen LogP contribution is -3.13. The van der Waals surface area contributed by atoms with Gasteiger partial charge >= 0.3 is 0 Å². The van der Waals surface area contributed by atoms with Crippen LogP contribution in [-0.4, -0.2) is 61.0 Å². The molecular weight excluding hydrogens is 340 g/mol. The quantitative estimate of drug-likeness (QED) is 0.613. The summed E-state index contributed by atoms with van der Waals surface area (Å²) >= 11 is 0. The van der Waals surface area contributed by atoms with E-state index in [1.807, 2.05) is 11.0 Å². The average Bonchev–Trinajstić information content (AvgIpc) is 2.70. The molecular formula is C21H32N4O2+2. The van der Waals surface area contributed by atoms with Crippen LogP contribution in [0, 0.1) is 0 Å². The van der Waals surface area contributed by atoms with Gasteiger partial charge in [-0.15, -0.1) is 0 Å². The van der Waals surface area contributed by atoms with Crippen LogP contribution in [0.1, 0.15) is 37.7 Å². The molecule has 146 valence electrons. The zero-order chi connectivity index (χ0) is 18.6. The molecule has 2 saturated heterocycles. The van der Waals surface area contributed by atoms with Gasteiger partial charge in [-0.3, -0.25) is 9.59 Å². The lowest BCUT2D eigenvalue weighted by atomic mass is 9.87. The Morgan fingerprint density at radius 2 is 1.89 bits per heavy atom. The predicted molar refractivity (Wildman–Crippen MR) is 102 cm³/mol. The SMILES string of the molecule is O=C1N[C@H]2CCCC[C@@H]2[NH2+][C@H]1CC(=O)N1CC[NH+](Cc2ccccc2)CC1. The van der Waals surface area contributed by atoms with E-state index in [0.717, 1.165) is 45.6 Å². The van der Waals surface area contributed by atoms with Crippen molar-refractivity contribution in [1.82, 2.24) is 10.2 Å². The topological polar surface area (TPSA) is 70.5 Å². The number of quaternary nitrogens is 2. The molecule has 2 amide bonds. The Balaban J connectivity index is 1.25. The maximum Gasteiger partial charge on any atom is 0.279 e. The van der Waals surface area contributed by atoms with Gasteiger partial charge in [-0.2, -0.15) is 0 Å². The molecule has 1 aliphatic carbocycles. The second-order valence-electron chi connectivity index (χ2n) is 8.36. The fraction of sp³-hybridized carbons (Fsp3) is 0.619. The van der Waals surface area contributed by atoms with Crippen molar-refractivity contribution in [2.24, 2.45) is 0 Å². The fourth-order valence-electron chi connectivity index (χ4n) is 4.86. The number of fused-ring (bicyclic) bond motifs is 1. The van der Waals surface area contributed by atoms with Gasteiger partial charge in [0.2, 0.25) is 5.91 Å². The number of nitrogens with zero attached hydrogens (tertiary/aromatic N) is 1. The third-order valence-electron chi connectivity index (χ3n) is 6.48. The monoisotopic (exact) mass is 372 g/mol. The molecule has 3 aliphatic rings. The third-order valence-corrected chi connectivity index (χ3v) is 6.48. The average molecular weight is 373 g/mol. The van der Waals surface area contributed by atoms with Crippen LogP contribution in [0.25, 0.3) is 0 Å². The first-order valence-electron chi connectivity index (χ1n) is 10.5. The van der Waals surface area contributed by atoms with E-state index in [1.165, 1.54) is 23.3 Å². The van der Waals surface area contributed by atoms with Gasteiger partial charge < -0.3 is 20.4 Å². The molecule has 1 aromatic rings. The molecule has 4 N–H and O–H groups in total. The van der Waals surface area contributed by atoms with Crippen LogP contribution in [0.2, 0.25) is 0 Å². The van der Waals surface area contributed by atoms with Gasteiger partial charge in [0, 0.05) is 12.0 Å². The van der Waals surface area contributed by atoms with E-state index in [2.05, 4.69) is 34.9 Å². The van der Waals surface area contributed by atoms with Gasteiger partial charge in [0.1, 0.15) is 12.6 Å². The summed E-state index contributed by atoms with van der Waals surface area (Å²) in [6, 6.07) is 11.1. The zero-order valence-electron chi connectivity index (χ0n) is 16.0. The summed E-state index contributed by atoms with van der Waals surface area (Å²) in [4.78, 5) is 28.6. The number of nitrogens with two attached hydrogens (primary N) is 1. The lowest BCUT2D eigenvalue weighted by Gasteiger charge is -2.38. The van der Waals surface area contributed by atoms with Gasteiger partial charge in [-0.25, -0.2) is 0 Å². The number of carbonyl (C=O) groups is 2. The van der Waals surface area contributed by atoms with Crippen molar-refractivity contribution in [2.75, 3.05) is 26.2 Å². The molecule has 0 radical (unpaired) electrons. The smallest absolute Gasteiger partial charge is 0.279 e. The van der Waals surface area contributed by atoms with Crippen molar-refractivity contribution < 1.29 is 19.8 Å². The van der Waals surface area contributed by atoms with Crippen LogP contribution in [0.15, 0.2) is 30.3 Å². The van der Waals surface area contributed by atoms with Crippen LogP contribution in [0.4, 0.5) is 0 Å². The molecule has 6 nitrogen and oxygen atoms in total. The van der Waals surface area contributed by atoms with Crippen LogP contribution in [-0.2, 0) is 16.1 Å². The van der Waals surface area contributed by atoms with E-state index in [1.54, 1.807) is 0 Å². The predicted octanol–water partition coefficient (Wildman–Crippen LogP) is -1.32. The largest absolute Gasteiger partial charge is 0.342 e. The number of piperazine rings is 2. The number of benzene rings is 1. The van der Waals surface area contributed by atoms with E-state index in [0.29, 0.717) is 18.5 Å². The molecule has 2 aliphatic heterocycles. The van der Waals surface area contributed by atoms with Gasteiger partial charge in [0.05, 0.1) is 38.6 Å². The highest BCUT2D eigenvalue weighted by Gasteiger charge is 2.41. The number of nitrogens with one attached hydrogen (secondary N) is 2. The summed E-state index contributed by atoms with van der Waals surface area (Å²) in [5, 5.41) is 5.34. The second-order valence-corrected chi connectivity index (χ2v) is 8.36. The van der Waals surface area contributed by atoms with E-state index in [4.69, 9.17) is 0 Å². The van der Waals surface area contributed by atoms with Gasteiger partial charge in [-0.05, 0) is 12.8 Å². The molecule has 0 spiro atoms. The van der Waals surface area contributed by atoms with E-state index in [-0.39, 0.29) is 17.9 Å². The molecule has 0 aromatic heterocycles. The first-order chi connectivity index (χ1) is 13.2. The highest BCUT2D eigenvalue weighted by molar-refractivity contribution is 5.87. The fourth-order valence-corrected chi connectivity index (χ4v) is 4.86. The van der Waals surface area contributed by atoms with Crippen molar-refractivity contribution in [3.8, 4) is 0 Å². The molecule has 0 bridgehead atoms. The number of amides is 2. The number of hydrogen-bond donors (Lipinski definition) is 3. The van der Waals surface area contributed by atoms with Gasteiger partial charge in [0.15, 0.2) is 6.04 Å². The molecule has 3 fully saturated rings. The Bertz CT molecular complexity index is 657. The molecule has 6 heteroatoms. The summed E-state index contributed by atoms with van der Waals surface area (Å²) < 4.78 is 0. The van der Waals surface area contributed by atoms with E-state index in [9.17, 15) is 9.59 Å². The maximum atomic E-state index is 12.8. The van der Waals surface area contributed by atoms with E-state index >= 15 is 0 Å². The highest BCUT2D eigenvalue weighted by atomic mass is 16.2. The molecule has 4 rings (SSSR count). The van der Waals surface area contributed by atoms with Crippen molar-refractivity contribution in [2.45, 2.75) is 56.8 Å². The van der Waals surface area contributed by atoms with Gasteiger partial charge in [0.25, 0.3) is 5.91 Å². The van der Waals surface area contributed by atoms with Crippen molar-refractivity contribution in [3.05, 3.63) is 35.9 Å². The summed E-state index contributed by atoms with van der Waals surface area (Å²) in [7, 11) is 0. The number of rotatable bonds is 4. The zero-order valence-corrected chi connectivity index (χ0v) is 16.0. The molecule has 3 atom stereocenters. The Labute approximate surface area is 161 Å². The third kappa shape index (κ3) is 4.50. The Morgan fingerprint density at radius 3 is 2.67 bits per heavy atom. The van der Waals surface area contributed by atoms with Crippen molar-refractivity contribution >= 4 is 11.8 Å². The van der Waals surface area contributed by atoms with Gasteiger partial charge in [-0.1, -0.05) is 36.8 Å². The van der Waals surface area contributed by atoms with Crippen LogP contribution in [0.5, 0.6) is 0 Å². The molecule has 2 heterocycles. The Morgan fingerprint density at radius 1 is 1.15 bits per heavy atom. The van der Waals surface area contributed by atoms with E-state index < -0.39 is 0 Å². The normalized spacial score (nSPS) is 29.1. The first-order valence-corrected chi connectivity index (χ1v) is 10.5. The molecule has 0 unspecified atom stereocenters. The minimum Gasteiger partial charge on any atom is -0.342 e. The minimum absolute atomic E-state index is 0.0554. The summed E-state index contributed by atoms with van der Waals surface area (Å²) in [5.74, 6) is 0.194. The summed E-state index contributed by atoms with van der Waals surface area (Å²) in [5.41, 5.74) is 1.35. The van der Waals surface area contributed by atoms with Crippen LogP contribution >= 0.6 is 0 Å². The number of hydrogen-bond acceptors (Lipinski definition) is 2. The highest BCUT2D eigenvalue weighted by Crippen LogP contribution is 2.18. The molecule has 1 aromatic carbocycles. The van der Waals surface area contributed by atoms with Crippen LogP contribution < -0.4 is 15.5 Å². The molecule has 1 saturated carbocycles. The lowest BCUT2D eigenvalue weighted by molar-refractivity contribution is -0.917. The van der Waals surface area contributed by atoms with Crippen LogP contribution in [0.3, 0.4) is 0 Å². The Hall–Kier alpha value is -1.92. The van der Waals surface area contributed by atoms with Crippen molar-refractivity contribution in [1.29, 1.82) is 0 Å². The second kappa shape index (κ2) is 8.40. The number of carbonyl (C=O) groups excluding carboxylic acids is 2. The standard InChI is InChI=1S/C21H30N4O2/c26-20(14-19-21(27)23-18-9-5-4-8-17(18)22-19)25-12-10-24(11-13-25)15-16-6-2-1-3-7-16/h1-3,6-7,17-19,22H,4-5,8-15H2,(H,23,27)/p+2/t17-,18-,19-/m0/s1. The molecule has 27 heavy (non-hydrogen) atoms. The summed E-state index contributed by atoms with van der Waals surface area (Å²) in [6.45, 7) is 4.56. The Kier molecular flexibility index (Phi) is 5.74. The summed E-state index contributed by atoms with van der Waals surface area (Å²) in [6.07, 6.45) is 5.01. The van der Waals surface area contributed by atoms with Crippen molar-refractivity contribution in [3.63, 3.8) is 0 Å².